The second kappa shape index (κ2) is 4.64. The van der Waals surface area contributed by atoms with Crippen molar-refractivity contribution in [3.63, 3.8) is 0 Å². The zero-order valence-corrected chi connectivity index (χ0v) is 11.3. The van der Waals surface area contributed by atoms with Gasteiger partial charge in [-0.3, -0.25) is 0 Å². The Kier molecular flexibility index (Phi) is 2.78. The number of aromatic nitrogens is 1. The van der Waals surface area contributed by atoms with E-state index in [-0.39, 0.29) is 6.10 Å². The molecule has 0 aliphatic carbocycles. The summed E-state index contributed by atoms with van der Waals surface area (Å²) in [6.45, 7) is 4.16. The molecule has 6 heteroatoms. The van der Waals surface area contributed by atoms with Gasteiger partial charge < -0.3 is 14.6 Å². The first-order valence-corrected chi connectivity index (χ1v) is 7.06. The lowest BCUT2D eigenvalue weighted by atomic mass is 9.93. The minimum absolute atomic E-state index is 0.0592. The highest BCUT2D eigenvalue weighted by molar-refractivity contribution is 5.82. The average molecular weight is 275 g/mol. The topological polar surface area (TPSA) is 59.8 Å². The summed E-state index contributed by atoms with van der Waals surface area (Å²) in [7, 11) is 0. The Bertz CT molecular complexity index is 621. The van der Waals surface area contributed by atoms with Gasteiger partial charge in [0, 0.05) is 0 Å². The van der Waals surface area contributed by atoms with E-state index in [0.717, 1.165) is 37.0 Å². The number of anilines is 1. The fraction of sp³-hybridized carbons (Fsp3) is 0.500. The summed E-state index contributed by atoms with van der Waals surface area (Å²) >= 11 is 0. The first-order chi connectivity index (χ1) is 9.81. The van der Waals surface area contributed by atoms with Crippen molar-refractivity contribution in [2.45, 2.75) is 25.9 Å². The van der Waals surface area contributed by atoms with Crippen molar-refractivity contribution < 1.29 is 14.1 Å². The van der Waals surface area contributed by atoms with Crippen LogP contribution in [0.1, 0.15) is 19.8 Å². The van der Waals surface area contributed by atoms with Gasteiger partial charge in [0.05, 0.1) is 6.10 Å². The predicted octanol–water partition coefficient (Wildman–Crippen LogP) is 2.26. The molecule has 106 valence electrons. The summed E-state index contributed by atoms with van der Waals surface area (Å²) in [5, 5.41) is 4.66. The molecule has 1 atom stereocenters. The van der Waals surface area contributed by atoms with Crippen molar-refractivity contribution in [3.8, 4) is 5.75 Å². The van der Waals surface area contributed by atoms with Crippen LogP contribution in [0, 0.1) is 5.92 Å². The number of piperidine rings is 1. The van der Waals surface area contributed by atoms with Crippen LogP contribution in [0.5, 0.6) is 5.75 Å². The summed E-state index contributed by atoms with van der Waals surface area (Å²) < 4.78 is 5.62. The molecule has 0 radical (unpaired) electrons. The SMILES string of the molecule is CC(ON1Oc2cccc3oc1nc23)C1CCNCC1. The average Bonchev–Trinajstić information content (AvgIpc) is 2.90. The molecule has 2 aromatic rings. The van der Waals surface area contributed by atoms with Crippen LogP contribution >= 0.6 is 0 Å². The largest absolute Gasteiger partial charge is 0.420 e. The third kappa shape index (κ3) is 1.92. The lowest BCUT2D eigenvalue weighted by Gasteiger charge is -2.31. The van der Waals surface area contributed by atoms with E-state index in [9.17, 15) is 0 Å². The predicted molar refractivity (Wildman–Crippen MR) is 73.3 cm³/mol. The lowest BCUT2D eigenvalue weighted by molar-refractivity contribution is -0.0945. The van der Waals surface area contributed by atoms with Crippen LogP contribution in [0.25, 0.3) is 11.1 Å². The Morgan fingerprint density at radius 2 is 2.25 bits per heavy atom. The van der Waals surface area contributed by atoms with Crippen LogP contribution in [0.2, 0.25) is 0 Å². The molecule has 3 heterocycles. The number of para-hydroxylation sites is 1. The molecular weight excluding hydrogens is 258 g/mol. The summed E-state index contributed by atoms with van der Waals surface area (Å²) in [4.78, 5) is 16.0. The molecule has 2 aliphatic heterocycles. The zero-order valence-electron chi connectivity index (χ0n) is 11.3. The highest BCUT2D eigenvalue weighted by atomic mass is 17.0. The number of oxazole rings is 1. The van der Waals surface area contributed by atoms with Gasteiger partial charge >= 0.3 is 6.01 Å². The highest BCUT2D eigenvalue weighted by Crippen LogP contribution is 2.35. The van der Waals surface area contributed by atoms with Gasteiger partial charge in [0.15, 0.2) is 16.8 Å². The summed E-state index contributed by atoms with van der Waals surface area (Å²) in [6.07, 6.45) is 2.28. The van der Waals surface area contributed by atoms with E-state index < -0.39 is 0 Å². The van der Waals surface area contributed by atoms with Crippen LogP contribution in [0.3, 0.4) is 0 Å². The third-order valence-electron chi connectivity index (χ3n) is 4.02. The molecule has 4 rings (SSSR count). The number of benzene rings is 1. The molecule has 1 unspecified atom stereocenters. The maximum absolute atomic E-state index is 5.90. The molecule has 1 aromatic carbocycles. The fourth-order valence-corrected chi connectivity index (χ4v) is 2.81. The lowest BCUT2D eigenvalue weighted by Crippen LogP contribution is -2.39. The van der Waals surface area contributed by atoms with Gasteiger partial charge in [-0.15, -0.1) is 0 Å². The Morgan fingerprint density at radius 3 is 3.10 bits per heavy atom. The van der Waals surface area contributed by atoms with E-state index in [1.165, 1.54) is 5.23 Å². The van der Waals surface area contributed by atoms with Crippen LogP contribution < -0.4 is 15.4 Å². The van der Waals surface area contributed by atoms with Gasteiger partial charge in [-0.1, -0.05) is 6.07 Å². The molecular formula is C14H17N3O3. The molecule has 0 saturated carbocycles. The Hall–Kier alpha value is -1.79. The molecule has 2 aliphatic rings. The third-order valence-corrected chi connectivity index (χ3v) is 4.02. The van der Waals surface area contributed by atoms with E-state index in [1.807, 2.05) is 18.2 Å². The smallest absolute Gasteiger partial charge is 0.360 e. The Labute approximate surface area is 116 Å². The minimum Gasteiger partial charge on any atom is -0.420 e. The monoisotopic (exact) mass is 275 g/mol. The van der Waals surface area contributed by atoms with Crippen molar-refractivity contribution >= 4 is 17.1 Å². The number of hydrogen-bond acceptors (Lipinski definition) is 6. The summed E-state index contributed by atoms with van der Waals surface area (Å²) in [5.74, 6) is 1.19. The van der Waals surface area contributed by atoms with Gasteiger partial charge in [-0.05, 0) is 56.1 Å². The maximum Gasteiger partial charge on any atom is 0.360 e. The van der Waals surface area contributed by atoms with Gasteiger partial charge in [-0.25, -0.2) is 4.84 Å². The van der Waals surface area contributed by atoms with Gasteiger partial charge in [0.25, 0.3) is 0 Å². The van der Waals surface area contributed by atoms with Crippen molar-refractivity contribution in [2.75, 3.05) is 18.3 Å². The Balaban J connectivity index is 1.53. The van der Waals surface area contributed by atoms with E-state index in [2.05, 4.69) is 17.2 Å². The van der Waals surface area contributed by atoms with E-state index >= 15 is 0 Å². The molecule has 0 amide bonds. The normalized spacial score (nSPS) is 20.4. The summed E-state index contributed by atoms with van der Waals surface area (Å²) in [5.41, 5.74) is 1.47. The van der Waals surface area contributed by atoms with Crippen molar-refractivity contribution in [1.82, 2.24) is 10.3 Å². The van der Waals surface area contributed by atoms with Crippen molar-refractivity contribution in [1.29, 1.82) is 0 Å². The zero-order chi connectivity index (χ0) is 13.5. The molecule has 2 bridgehead atoms. The summed E-state index contributed by atoms with van der Waals surface area (Å²) in [6, 6.07) is 5.98. The van der Waals surface area contributed by atoms with Crippen molar-refractivity contribution in [2.24, 2.45) is 5.92 Å². The molecule has 1 saturated heterocycles. The molecule has 1 N–H and O–H groups in total. The molecule has 1 aromatic heterocycles. The highest BCUT2D eigenvalue weighted by Gasteiger charge is 2.30. The first kappa shape index (κ1) is 12.0. The van der Waals surface area contributed by atoms with Gasteiger partial charge in [0.1, 0.15) is 0 Å². The van der Waals surface area contributed by atoms with Crippen LogP contribution in [0.15, 0.2) is 22.6 Å². The second-order valence-electron chi connectivity index (χ2n) is 5.35. The molecule has 6 nitrogen and oxygen atoms in total. The first-order valence-electron chi connectivity index (χ1n) is 7.06. The van der Waals surface area contributed by atoms with E-state index in [1.54, 1.807) is 0 Å². The standard InChI is InChI=1S/C14H17N3O3/c1-9(10-5-7-15-8-6-10)19-17-14-16-13-11(18-14)3-2-4-12(13)20-17/h2-4,9-10,15H,5-8H2,1H3. The molecule has 1 fully saturated rings. The quantitative estimate of drug-likeness (QED) is 0.927. The number of nitrogens with zero attached hydrogens (tertiary/aromatic N) is 2. The van der Waals surface area contributed by atoms with Crippen molar-refractivity contribution in [3.05, 3.63) is 18.2 Å². The second-order valence-corrected chi connectivity index (χ2v) is 5.35. The van der Waals surface area contributed by atoms with Crippen LogP contribution in [-0.4, -0.2) is 24.2 Å². The number of fused-ring (bicyclic) bond motifs is 1. The maximum atomic E-state index is 5.90. The van der Waals surface area contributed by atoms with Crippen LogP contribution in [-0.2, 0) is 4.84 Å². The fourth-order valence-electron chi connectivity index (χ4n) is 2.81. The number of hydrogen-bond donors (Lipinski definition) is 1. The number of rotatable bonds is 3. The Morgan fingerprint density at radius 1 is 1.40 bits per heavy atom. The minimum atomic E-state index is 0.0592. The van der Waals surface area contributed by atoms with E-state index in [4.69, 9.17) is 14.1 Å². The molecule has 0 spiro atoms. The molecule has 20 heavy (non-hydrogen) atoms. The number of nitrogens with one attached hydrogen (secondary N) is 1. The van der Waals surface area contributed by atoms with E-state index in [0.29, 0.717) is 17.7 Å². The van der Waals surface area contributed by atoms with Gasteiger partial charge in [0.2, 0.25) is 0 Å². The van der Waals surface area contributed by atoms with Crippen LogP contribution in [0.4, 0.5) is 6.01 Å². The van der Waals surface area contributed by atoms with Gasteiger partial charge in [-0.2, -0.15) is 4.98 Å².